The Morgan fingerprint density at radius 1 is 0.880 bits per heavy atom. The molecule has 7 heteroatoms. The van der Waals surface area contributed by atoms with Crippen LogP contribution >= 0.6 is 0 Å². The highest BCUT2D eigenvalue weighted by atomic mass is 16.4. The number of carbonyl (C=O) groups excluding carboxylic acids is 2. The topological polar surface area (TPSA) is 121 Å². The Kier molecular flexibility index (Phi) is 5.28. The average Bonchev–Trinajstić information content (AvgIpc) is 2.60. The van der Waals surface area contributed by atoms with E-state index in [1.807, 2.05) is 0 Å². The number of benzene rings is 2. The van der Waals surface area contributed by atoms with E-state index < -0.39 is 28.8 Å². The SMILES string of the molecule is CCC(=O)Nc1cccc(C(=O)c2ccc(C(=O)O)c(C(=O)O)c2)c1. The van der Waals surface area contributed by atoms with Gasteiger partial charge in [-0.3, -0.25) is 9.59 Å². The molecule has 2 rings (SSSR count). The minimum absolute atomic E-state index is 0.0429. The van der Waals surface area contributed by atoms with E-state index in [9.17, 15) is 19.2 Å². The maximum atomic E-state index is 12.6. The predicted molar refractivity (Wildman–Crippen MR) is 89.2 cm³/mol. The summed E-state index contributed by atoms with van der Waals surface area (Å²) in [5.74, 6) is -3.51. The van der Waals surface area contributed by atoms with Gasteiger partial charge in [0.1, 0.15) is 0 Å². The van der Waals surface area contributed by atoms with Crippen LogP contribution in [0.3, 0.4) is 0 Å². The standard InChI is InChI=1S/C18H15NO6/c1-2-15(20)19-12-5-3-4-10(8-12)16(21)11-6-7-13(17(22)23)14(9-11)18(24)25/h3-9H,2H2,1H3,(H,19,20)(H,22,23)(H,24,25). The third kappa shape index (κ3) is 4.08. The Morgan fingerprint density at radius 3 is 2.12 bits per heavy atom. The summed E-state index contributed by atoms with van der Waals surface area (Å²) >= 11 is 0. The Hall–Kier alpha value is -3.48. The smallest absolute Gasteiger partial charge is 0.336 e. The number of nitrogens with one attached hydrogen (secondary N) is 1. The second kappa shape index (κ2) is 7.39. The summed E-state index contributed by atoms with van der Waals surface area (Å²) in [4.78, 5) is 46.3. The molecule has 7 nitrogen and oxygen atoms in total. The maximum absolute atomic E-state index is 12.6. The van der Waals surface area contributed by atoms with Crippen LogP contribution in [0.25, 0.3) is 0 Å². The average molecular weight is 341 g/mol. The van der Waals surface area contributed by atoms with Gasteiger partial charge in [-0.05, 0) is 24.3 Å². The molecule has 0 atom stereocenters. The zero-order valence-electron chi connectivity index (χ0n) is 13.3. The van der Waals surface area contributed by atoms with Crippen LogP contribution in [-0.4, -0.2) is 33.8 Å². The molecule has 0 aliphatic rings. The number of carbonyl (C=O) groups is 4. The van der Waals surface area contributed by atoms with Crippen LogP contribution in [0.2, 0.25) is 0 Å². The van der Waals surface area contributed by atoms with Crippen molar-refractivity contribution >= 4 is 29.3 Å². The van der Waals surface area contributed by atoms with E-state index in [0.717, 1.165) is 12.1 Å². The first-order chi connectivity index (χ1) is 11.8. The molecule has 25 heavy (non-hydrogen) atoms. The first-order valence-electron chi connectivity index (χ1n) is 7.38. The lowest BCUT2D eigenvalue weighted by Crippen LogP contribution is -2.12. The number of hydrogen-bond acceptors (Lipinski definition) is 4. The fraction of sp³-hybridized carbons (Fsp3) is 0.111. The molecule has 0 aromatic heterocycles. The summed E-state index contributed by atoms with van der Waals surface area (Å²) in [5.41, 5.74) is -0.130. The van der Waals surface area contributed by atoms with Crippen molar-refractivity contribution in [3.05, 3.63) is 64.7 Å². The van der Waals surface area contributed by atoms with Crippen LogP contribution in [0.15, 0.2) is 42.5 Å². The molecule has 0 aliphatic heterocycles. The van der Waals surface area contributed by atoms with E-state index in [2.05, 4.69) is 5.32 Å². The number of amides is 1. The summed E-state index contributed by atoms with van der Waals surface area (Å²) in [6.07, 6.45) is 0.288. The van der Waals surface area contributed by atoms with E-state index in [0.29, 0.717) is 5.69 Å². The molecule has 0 fully saturated rings. The van der Waals surface area contributed by atoms with Crippen molar-refractivity contribution in [2.75, 3.05) is 5.32 Å². The van der Waals surface area contributed by atoms with Crippen molar-refractivity contribution < 1.29 is 29.4 Å². The summed E-state index contributed by atoms with van der Waals surface area (Å²) in [6, 6.07) is 9.59. The van der Waals surface area contributed by atoms with E-state index in [1.54, 1.807) is 19.1 Å². The van der Waals surface area contributed by atoms with Crippen molar-refractivity contribution in [1.29, 1.82) is 0 Å². The minimum atomic E-state index is -1.43. The number of aromatic carboxylic acids is 2. The molecule has 0 saturated carbocycles. The molecule has 1 amide bonds. The molecule has 0 spiro atoms. The number of anilines is 1. The van der Waals surface area contributed by atoms with Gasteiger partial charge in [0.15, 0.2) is 5.78 Å². The third-order valence-electron chi connectivity index (χ3n) is 3.47. The van der Waals surface area contributed by atoms with Gasteiger partial charge in [-0.15, -0.1) is 0 Å². The lowest BCUT2D eigenvalue weighted by Gasteiger charge is -2.08. The Balaban J connectivity index is 2.39. The quantitative estimate of drug-likeness (QED) is 0.695. The molecule has 0 radical (unpaired) electrons. The van der Waals surface area contributed by atoms with E-state index in [4.69, 9.17) is 10.2 Å². The number of carboxylic acids is 2. The van der Waals surface area contributed by atoms with Crippen LogP contribution in [-0.2, 0) is 4.79 Å². The Bertz CT molecular complexity index is 872. The van der Waals surface area contributed by atoms with Crippen LogP contribution in [0.1, 0.15) is 50.0 Å². The van der Waals surface area contributed by atoms with Gasteiger partial charge in [-0.25, -0.2) is 9.59 Å². The summed E-state index contributed by atoms with van der Waals surface area (Å²) < 4.78 is 0. The molecule has 2 aromatic rings. The second-order valence-electron chi connectivity index (χ2n) is 5.18. The van der Waals surface area contributed by atoms with Crippen molar-refractivity contribution in [3.8, 4) is 0 Å². The predicted octanol–water partition coefficient (Wildman–Crippen LogP) is 2.66. The normalized spacial score (nSPS) is 10.1. The van der Waals surface area contributed by atoms with Crippen LogP contribution < -0.4 is 5.32 Å². The van der Waals surface area contributed by atoms with Gasteiger partial charge < -0.3 is 15.5 Å². The fourth-order valence-corrected chi connectivity index (χ4v) is 2.20. The Morgan fingerprint density at radius 2 is 1.52 bits per heavy atom. The van der Waals surface area contributed by atoms with Gasteiger partial charge in [0, 0.05) is 23.2 Å². The van der Waals surface area contributed by atoms with Crippen molar-refractivity contribution in [2.24, 2.45) is 0 Å². The molecule has 3 N–H and O–H groups in total. The fourth-order valence-electron chi connectivity index (χ4n) is 2.20. The van der Waals surface area contributed by atoms with Gasteiger partial charge in [-0.1, -0.05) is 25.1 Å². The van der Waals surface area contributed by atoms with Crippen LogP contribution in [0, 0.1) is 0 Å². The first-order valence-corrected chi connectivity index (χ1v) is 7.38. The van der Waals surface area contributed by atoms with Gasteiger partial charge in [0.05, 0.1) is 11.1 Å². The molecule has 128 valence electrons. The number of carboxylic acid groups (broad SMARTS) is 2. The van der Waals surface area contributed by atoms with E-state index in [-0.39, 0.29) is 23.5 Å². The molecule has 0 saturated heterocycles. The van der Waals surface area contributed by atoms with Gasteiger partial charge in [0.2, 0.25) is 5.91 Å². The summed E-state index contributed by atoms with van der Waals surface area (Å²) in [5, 5.41) is 20.8. The Labute approximate surface area is 142 Å². The number of rotatable bonds is 6. The minimum Gasteiger partial charge on any atom is -0.478 e. The molecular weight excluding hydrogens is 326 g/mol. The summed E-state index contributed by atoms with van der Waals surface area (Å²) in [7, 11) is 0. The highest BCUT2D eigenvalue weighted by molar-refractivity contribution is 6.12. The van der Waals surface area contributed by atoms with Gasteiger partial charge >= 0.3 is 11.9 Å². The van der Waals surface area contributed by atoms with Gasteiger partial charge in [0.25, 0.3) is 0 Å². The van der Waals surface area contributed by atoms with Gasteiger partial charge in [-0.2, -0.15) is 0 Å². The van der Waals surface area contributed by atoms with Crippen molar-refractivity contribution in [3.63, 3.8) is 0 Å². The molecule has 0 unspecified atom stereocenters. The van der Waals surface area contributed by atoms with Crippen LogP contribution in [0.4, 0.5) is 5.69 Å². The lowest BCUT2D eigenvalue weighted by atomic mass is 9.98. The molecule has 0 aliphatic carbocycles. The zero-order chi connectivity index (χ0) is 18.6. The first kappa shape index (κ1) is 17.9. The van der Waals surface area contributed by atoms with Crippen molar-refractivity contribution in [2.45, 2.75) is 13.3 Å². The van der Waals surface area contributed by atoms with E-state index >= 15 is 0 Å². The number of ketones is 1. The largest absolute Gasteiger partial charge is 0.478 e. The molecule has 0 heterocycles. The second-order valence-corrected chi connectivity index (χ2v) is 5.18. The summed E-state index contributed by atoms with van der Waals surface area (Å²) in [6.45, 7) is 1.70. The third-order valence-corrected chi connectivity index (χ3v) is 3.47. The zero-order valence-corrected chi connectivity index (χ0v) is 13.3. The van der Waals surface area contributed by atoms with Crippen LogP contribution in [0.5, 0.6) is 0 Å². The monoisotopic (exact) mass is 341 g/mol. The van der Waals surface area contributed by atoms with Crippen molar-refractivity contribution in [1.82, 2.24) is 0 Å². The number of hydrogen-bond donors (Lipinski definition) is 3. The molecule has 0 bridgehead atoms. The lowest BCUT2D eigenvalue weighted by molar-refractivity contribution is -0.115. The van der Waals surface area contributed by atoms with E-state index in [1.165, 1.54) is 18.2 Å². The molecule has 2 aromatic carbocycles. The maximum Gasteiger partial charge on any atom is 0.336 e. The highest BCUT2D eigenvalue weighted by Crippen LogP contribution is 2.18. The highest BCUT2D eigenvalue weighted by Gasteiger charge is 2.19. The molecular formula is C18H15NO6.